The maximum Gasteiger partial charge on any atom is 0.232 e. The Morgan fingerprint density at radius 3 is 2.83 bits per heavy atom. The van der Waals surface area contributed by atoms with Gasteiger partial charge in [-0.05, 0) is 42.8 Å². The summed E-state index contributed by atoms with van der Waals surface area (Å²) in [6, 6.07) is 12.3. The molecule has 4 N–H and O–H groups in total. The first-order valence-corrected chi connectivity index (χ1v) is 10.8. The molecule has 3 aromatic rings. The second kappa shape index (κ2) is 9.30. The van der Waals surface area contributed by atoms with Crippen LogP contribution in [0.3, 0.4) is 0 Å². The number of quaternary nitrogens is 1. The number of anilines is 3. The first-order chi connectivity index (χ1) is 14.2. The van der Waals surface area contributed by atoms with Crippen molar-refractivity contribution in [3.05, 3.63) is 58.0 Å². The summed E-state index contributed by atoms with van der Waals surface area (Å²) < 4.78 is 5.87. The van der Waals surface area contributed by atoms with Gasteiger partial charge in [0.05, 0.1) is 4.88 Å². The normalized spacial score (nSPS) is 17.3. The Labute approximate surface area is 175 Å². The average Bonchev–Trinajstić information content (AvgIpc) is 3.37. The van der Waals surface area contributed by atoms with Crippen molar-refractivity contribution in [1.82, 2.24) is 15.0 Å². The monoisotopic (exact) mass is 411 g/mol. The van der Waals surface area contributed by atoms with Gasteiger partial charge in [0, 0.05) is 12.3 Å². The maximum atomic E-state index is 5.99. The molecule has 1 aromatic carbocycles. The second-order valence-electron chi connectivity index (χ2n) is 7.40. The zero-order valence-corrected chi connectivity index (χ0v) is 17.4. The van der Waals surface area contributed by atoms with Crippen molar-refractivity contribution in [2.75, 3.05) is 24.2 Å². The van der Waals surface area contributed by atoms with Crippen molar-refractivity contribution in [3.8, 4) is 0 Å². The van der Waals surface area contributed by atoms with E-state index in [2.05, 4.69) is 37.8 Å². The number of hydrogen-bond donors (Lipinski definition) is 3. The number of ether oxygens (including phenoxy) is 1. The van der Waals surface area contributed by atoms with Gasteiger partial charge in [0.15, 0.2) is 5.82 Å². The topological polar surface area (TPSA) is 90.4 Å². The molecule has 4 rings (SSSR count). The second-order valence-corrected chi connectivity index (χ2v) is 8.43. The molecule has 0 spiro atoms. The highest BCUT2D eigenvalue weighted by Gasteiger charge is 2.24. The number of para-hydroxylation sites is 1. The van der Waals surface area contributed by atoms with E-state index in [1.54, 1.807) is 11.3 Å². The number of aromatic nitrogens is 3. The van der Waals surface area contributed by atoms with E-state index < -0.39 is 0 Å². The lowest BCUT2D eigenvalue weighted by Crippen LogP contribution is -3.10. The fourth-order valence-corrected chi connectivity index (χ4v) is 4.40. The molecule has 1 unspecified atom stereocenters. The Hall–Kier alpha value is -2.55. The van der Waals surface area contributed by atoms with Crippen LogP contribution in [0.4, 0.5) is 17.6 Å². The van der Waals surface area contributed by atoms with Crippen LogP contribution in [-0.4, -0.2) is 34.2 Å². The molecule has 0 amide bonds. The van der Waals surface area contributed by atoms with Gasteiger partial charge < -0.3 is 20.7 Å². The van der Waals surface area contributed by atoms with E-state index in [9.17, 15) is 0 Å². The molecule has 0 saturated carbocycles. The Morgan fingerprint density at radius 1 is 1.17 bits per heavy atom. The minimum atomic E-state index is 0.235. The molecule has 7 nitrogen and oxygen atoms in total. The summed E-state index contributed by atoms with van der Waals surface area (Å²) in [6.07, 6.45) is 2.56. The standard InChI is InChI=1S/C21H26N6OS/c1-15-6-2-3-9-18(15)23-21-25-19(24-20(22)26-21)14-27(12-16-7-4-10-28-16)13-17-8-5-11-29-17/h2-3,5-6,8-9,11,16H,4,7,10,12-14H2,1H3,(H3,22,23,24,25,26)/p+1/t16-/m1/s1. The number of benzene rings is 1. The number of nitrogens with zero attached hydrogens (tertiary/aromatic N) is 3. The fraction of sp³-hybridized carbons (Fsp3) is 0.381. The van der Waals surface area contributed by atoms with Gasteiger partial charge in [0.1, 0.15) is 25.7 Å². The van der Waals surface area contributed by atoms with E-state index >= 15 is 0 Å². The number of thiophene rings is 1. The van der Waals surface area contributed by atoms with Gasteiger partial charge in [-0.3, -0.25) is 0 Å². The third kappa shape index (κ3) is 5.50. The Balaban J connectivity index is 1.51. The third-order valence-electron chi connectivity index (χ3n) is 5.04. The van der Waals surface area contributed by atoms with Crippen LogP contribution >= 0.6 is 11.3 Å². The summed E-state index contributed by atoms with van der Waals surface area (Å²) >= 11 is 1.78. The molecule has 1 aliphatic rings. The Bertz CT molecular complexity index is 927. The van der Waals surface area contributed by atoms with Gasteiger partial charge in [-0.2, -0.15) is 15.0 Å². The van der Waals surface area contributed by atoms with Gasteiger partial charge in [-0.25, -0.2) is 0 Å². The average molecular weight is 412 g/mol. The zero-order chi connectivity index (χ0) is 20.1. The molecule has 3 heterocycles. The molecule has 152 valence electrons. The molecule has 1 aliphatic heterocycles. The number of rotatable bonds is 8. The van der Waals surface area contributed by atoms with Crippen molar-refractivity contribution >= 4 is 28.9 Å². The van der Waals surface area contributed by atoms with Gasteiger partial charge in [0.2, 0.25) is 11.9 Å². The summed E-state index contributed by atoms with van der Waals surface area (Å²) in [5.41, 5.74) is 8.08. The fourth-order valence-electron chi connectivity index (χ4n) is 3.62. The SMILES string of the molecule is Cc1ccccc1Nc1nc(N)nc(C[NH+](Cc2cccs2)C[C@H]2CCCO2)n1. The van der Waals surface area contributed by atoms with Gasteiger partial charge in [0.25, 0.3) is 0 Å². The quantitative estimate of drug-likeness (QED) is 0.527. The van der Waals surface area contributed by atoms with Crippen LogP contribution < -0.4 is 16.0 Å². The molecular formula is C21H27N6OS+. The zero-order valence-electron chi connectivity index (χ0n) is 16.6. The van der Waals surface area contributed by atoms with Crippen molar-refractivity contribution in [2.24, 2.45) is 0 Å². The van der Waals surface area contributed by atoms with Crippen LogP contribution in [0.5, 0.6) is 0 Å². The predicted octanol–water partition coefficient (Wildman–Crippen LogP) is 2.33. The van der Waals surface area contributed by atoms with Crippen LogP contribution in [0.2, 0.25) is 0 Å². The number of nitrogen functional groups attached to an aromatic ring is 1. The summed E-state index contributed by atoms with van der Waals surface area (Å²) in [4.78, 5) is 16.0. The van der Waals surface area contributed by atoms with Crippen LogP contribution in [0.1, 0.15) is 29.1 Å². The van der Waals surface area contributed by atoms with Crippen molar-refractivity contribution in [1.29, 1.82) is 0 Å². The number of nitrogens with two attached hydrogens (primary N) is 1. The lowest BCUT2D eigenvalue weighted by molar-refractivity contribution is -0.930. The molecule has 2 aromatic heterocycles. The molecule has 2 atom stereocenters. The summed E-state index contributed by atoms with van der Waals surface area (Å²) in [5.74, 6) is 1.41. The number of hydrogen-bond acceptors (Lipinski definition) is 7. The van der Waals surface area contributed by atoms with E-state index in [0.717, 1.165) is 43.8 Å². The third-order valence-corrected chi connectivity index (χ3v) is 5.92. The molecule has 8 heteroatoms. The van der Waals surface area contributed by atoms with E-state index in [-0.39, 0.29) is 5.95 Å². The predicted molar refractivity (Wildman–Crippen MR) is 115 cm³/mol. The highest BCUT2D eigenvalue weighted by molar-refractivity contribution is 7.09. The van der Waals surface area contributed by atoms with Crippen molar-refractivity contribution < 1.29 is 9.64 Å². The van der Waals surface area contributed by atoms with Crippen LogP contribution in [0, 0.1) is 6.92 Å². The van der Waals surface area contributed by atoms with E-state index in [1.165, 1.54) is 9.78 Å². The summed E-state index contributed by atoms with van der Waals surface area (Å²) in [7, 11) is 0. The number of nitrogens with one attached hydrogen (secondary N) is 2. The molecule has 0 radical (unpaired) electrons. The minimum Gasteiger partial charge on any atom is -0.372 e. The smallest absolute Gasteiger partial charge is 0.232 e. The highest BCUT2D eigenvalue weighted by atomic mass is 32.1. The summed E-state index contributed by atoms with van der Waals surface area (Å²) in [6.45, 7) is 5.43. The molecule has 1 fully saturated rings. The largest absolute Gasteiger partial charge is 0.372 e. The van der Waals surface area contributed by atoms with Crippen LogP contribution in [0.25, 0.3) is 0 Å². The molecule has 1 saturated heterocycles. The van der Waals surface area contributed by atoms with Crippen LogP contribution in [-0.2, 0) is 17.8 Å². The Morgan fingerprint density at radius 2 is 2.07 bits per heavy atom. The maximum absolute atomic E-state index is 5.99. The van der Waals surface area contributed by atoms with E-state index in [4.69, 9.17) is 10.5 Å². The van der Waals surface area contributed by atoms with Gasteiger partial charge in [-0.1, -0.05) is 24.3 Å². The van der Waals surface area contributed by atoms with Gasteiger partial charge in [-0.15, -0.1) is 11.3 Å². The first kappa shape index (κ1) is 19.8. The first-order valence-electron chi connectivity index (χ1n) is 9.96. The molecule has 0 bridgehead atoms. The Kier molecular flexibility index (Phi) is 6.33. The summed E-state index contributed by atoms with van der Waals surface area (Å²) in [5, 5.41) is 5.39. The molecule has 29 heavy (non-hydrogen) atoms. The number of aryl methyl sites for hydroxylation is 1. The van der Waals surface area contributed by atoms with E-state index in [1.807, 2.05) is 31.2 Å². The van der Waals surface area contributed by atoms with Crippen LogP contribution in [0.15, 0.2) is 41.8 Å². The van der Waals surface area contributed by atoms with E-state index in [0.29, 0.717) is 24.4 Å². The van der Waals surface area contributed by atoms with Crippen molar-refractivity contribution in [3.63, 3.8) is 0 Å². The molecular weight excluding hydrogens is 384 g/mol. The highest BCUT2D eigenvalue weighted by Crippen LogP contribution is 2.18. The minimum absolute atomic E-state index is 0.235. The molecule has 0 aliphatic carbocycles. The van der Waals surface area contributed by atoms with Gasteiger partial charge >= 0.3 is 0 Å². The lowest BCUT2D eigenvalue weighted by Gasteiger charge is -2.21. The lowest BCUT2D eigenvalue weighted by atomic mass is 10.2. The van der Waals surface area contributed by atoms with Crippen molar-refractivity contribution in [2.45, 2.75) is 39.0 Å².